The smallest absolute Gasteiger partial charge is 0.341 e. The Bertz CT molecular complexity index is 1410. The van der Waals surface area contributed by atoms with Crippen molar-refractivity contribution in [3.63, 3.8) is 0 Å². The minimum absolute atomic E-state index is 0.0851. The number of rotatable bonds is 10. The van der Waals surface area contributed by atoms with E-state index in [0.29, 0.717) is 49.1 Å². The second kappa shape index (κ2) is 11.9. The fourth-order valence-corrected chi connectivity index (χ4v) is 4.51. The van der Waals surface area contributed by atoms with Gasteiger partial charge in [0.05, 0.1) is 36.1 Å². The molecule has 13 nitrogen and oxygen atoms in total. The van der Waals surface area contributed by atoms with Crippen LogP contribution in [0.1, 0.15) is 29.4 Å². The molecule has 0 bridgehead atoms. The molecular weight excluding hydrogens is 516 g/mol. The Hall–Kier alpha value is -4.78. The van der Waals surface area contributed by atoms with E-state index >= 15 is 0 Å². The van der Waals surface area contributed by atoms with Gasteiger partial charge in [-0.25, -0.2) is 19.7 Å². The van der Waals surface area contributed by atoms with Gasteiger partial charge in [-0.2, -0.15) is 0 Å². The summed E-state index contributed by atoms with van der Waals surface area (Å²) >= 11 is 0. The molecule has 1 N–H and O–H groups in total. The van der Waals surface area contributed by atoms with Gasteiger partial charge >= 0.3 is 5.97 Å². The maximum absolute atomic E-state index is 12.7. The molecule has 3 aromatic heterocycles. The number of esters is 1. The predicted molar refractivity (Wildman–Crippen MR) is 148 cm³/mol. The van der Waals surface area contributed by atoms with Gasteiger partial charge in [0.15, 0.2) is 0 Å². The van der Waals surface area contributed by atoms with Crippen LogP contribution in [0.2, 0.25) is 0 Å². The van der Waals surface area contributed by atoms with Gasteiger partial charge in [0.1, 0.15) is 23.1 Å². The van der Waals surface area contributed by atoms with E-state index < -0.39 is 16.4 Å². The van der Waals surface area contributed by atoms with Crippen LogP contribution in [0.4, 0.5) is 17.5 Å². The largest absolute Gasteiger partial charge is 0.462 e. The van der Waals surface area contributed by atoms with E-state index in [4.69, 9.17) is 9.47 Å². The molecule has 0 spiro atoms. The van der Waals surface area contributed by atoms with Crippen LogP contribution in [-0.2, 0) is 15.0 Å². The quantitative estimate of drug-likeness (QED) is 0.227. The Labute approximate surface area is 230 Å². The van der Waals surface area contributed by atoms with Gasteiger partial charge in [0.2, 0.25) is 5.95 Å². The van der Waals surface area contributed by atoms with Crippen LogP contribution >= 0.6 is 0 Å². The molecule has 0 amide bonds. The van der Waals surface area contributed by atoms with Gasteiger partial charge in [-0.05, 0) is 43.7 Å². The average molecular weight is 545 g/mol. The zero-order chi connectivity index (χ0) is 28.0. The van der Waals surface area contributed by atoms with Crippen LogP contribution < -0.4 is 10.2 Å². The lowest BCUT2D eigenvalue weighted by Crippen LogP contribution is -2.36. The number of pyridine rings is 2. The van der Waals surface area contributed by atoms with Crippen LogP contribution in [0, 0.1) is 10.1 Å². The Morgan fingerprint density at radius 2 is 2.00 bits per heavy atom. The summed E-state index contributed by atoms with van der Waals surface area (Å²) in [5.41, 5.74) is 1.04. The number of nitrogens with one attached hydrogen (secondary N) is 1. The highest BCUT2D eigenvalue weighted by Crippen LogP contribution is 2.33. The van der Waals surface area contributed by atoms with Crippen molar-refractivity contribution in [2.75, 3.05) is 49.7 Å². The first-order valence-electron chi connectivity index (χ1n) is 12.9. The number of aliphatic imine (C=N–C) groups is 1. The average Bonchev–Trinajstić information content (AvgIpc) is 3.48. The van der Waals surface area contributed by atoms with E-state index in [-0.39, 0.29) is 17.9 Å². The van der Waals surface area contributed by atoms with Crippen molar-refractivity contribution in [1.29, 1.82) is 0 Å². The van der Waals surface area contributed by atoms with Crippen molar-refractivity contribution < 1.29 is 19.2 Å². The predicted octanol–water partition coefficient (Wildman–Crippen LogP) is 3.19. The second-order valence-corrected chi connectivity index (χ2v) is 9.08. The van der Waals surface area contributed by atoms with E-state index in [1.54, 1.807) is 25.4 Å². The van der Waals surface area contributed by atoms with Gasteiger partial charge < -0.3 is 19.7 Å². The molecule has 5 heterocycles. The van der Waals surface area contributed by atoms with Crippen molar-refractivity contribution >= 4 is 29.6 Å². The van der Waals surface area contributed by atoms with Crippen LogP contribution in [0.5, 0.6) is 0 Å². The number of anilines is 2. The molecule has 2 aliphatic rings. The van der Waals surface area contributed by atoms with E-state index in [1.807, 2.05) is 24.3 Å². The number of carbonyl (C=O) groups excluding carboxylic acids is 1. The summed E-state index contributed by atoms with van der Waals surface area (Å²) in [5, 5.41) is 14.2. The number of morpholine rings is 1. The molecule has 1 saturated heterocycles. The zero-order valence-electron chi connectivity index (χ0n) is 21.9. The molecule has 0 aliphatic carbocycles. The molecule has 0 radical (unpaired) electrons. The number of aromatic nitrogens is 4. The maximum atomic E-state index is 12.7. The third kappa shape index (κ3) is 5.78. The number of nitro groups is 1. The van der Waals surface area contributed by atoms with Crippen molar-refractivity contribution in [3.05, 3.63) is 76.4 Å². The summed E-state index contributed by atoms with van der Waals surface area (Å²) in [7, 11) is 0. The number of hydrogen-bond donors (Lipinski definition) is 1. The maximum Gasteiger partial charge on any atom is 0.341 e. The molecule has 3 aromatic rings. The van der Waals surface area contributed by atoms with Crippen LogP contribution in [-0.4, -0.2) is 76.5 Å². The normalized spacial score (nSPS) is 18.1. The lowest BCUT2D eigenvalue weighted by molar-refractivity contribution is -0.385. The molecule has 1 fully saturated rings. The molecule has 13 heteroatoms. The van der Waals surface area contributed by atoms with Crippen molar-refractivity contribution in [3.8, 4) is 11.3 Å². The highest BCUT2D eigenvalue weighted by atomic mass is 16.6. The highest BCUT2D eigenvalue weighted by molar-refractivity contribution is 5.96. The van der Waals surface area contributed by atoms with Crippen molar-refractivity contribution in [2.24, 2.45) is 4.99 Å². The SMILES string of the molecule is CCOC(=O)c1cnc(NCCC2(c3ccc([N+](=O)[O-])cn3)C=CC=N2)nc1-c1ccc(N2CCOCC2)nc1. The fraction of sp³-hybridized carbons (Fsp3) is 0.333. The number of carbonyl (C=O) groups is 1. The zero-order valence-corrected chi connectivity index (χ0v) is 21.9. The summed E-state index contributed by atoms with van der Waals surface area (Å²) in [6.07, 6.45) is 10.2. The lowest BCUT2D eigenvalue weighted by atomic mass is 9.92. The third-order valence-electron chi connectivity index (χ3n) is 6.59. The number of allylic oxidation sites excluding steroid dienone is 1. The van der Waals surface area contributed by atoms with Gasteiger partial charge in [0, 0.05) is 49.9 Å². The number of hydrogen-bond acceptors (Lipinski definition) is 12. The Balaban J connectivity index is 1.35. The summed E-state index contributed by atoms with van der Waals surface area (Å²) in [5.74, 6) is 0.625. The fourth-order valence-electron chi connectivity index (χ4n) is 4.51. The van der Waals surface area contributed by atoms with Crippen LogP contribution in [0.25, 0.3) is 11.3 Å². The highest BCUT2D eigenvalue weighted by Gasteiger charge is 2.32. The second-order valence-electron chi connectivity index (χ2n) is 9.08. The van der Waals surface area contributed by atoms with E-state index in [0.717, 1.165) is 18.9 Å². The molecule has 40 heavy (non-hydrogen) atoms. The van der Waals surface area contributed by atoms with Crippen molar-refractivity contribution in [2.45, 2.75) is 18.9 Å². The first kappa shape index (κ1) is 26.8. The minimum atomic E-state index is -0.769. The minimum Gasteiger partial charge on any atom is -0.462 e. The molecule has 2 aliphatic heterocycles. The first-order valence-corrected chi connectivity index (χ1v) is 12.9. The van der Waals surface area contributed by atoms with Gasteiger partial charge in [-0.15, -0.1) is 0 Å². The van der Waals surface area contributed by atoms with E-state index in [9.17, 15) is 14.9 Å². The summed E-state index contributed by atoms with van der Waals surface area (Å²) < 4.78 is 10.6. The molecule has 206 valence electrons. The third-order valence-corrected chi connectivity index (χ3v) is 6.59. The first-order chi connectivity index (χ1) is 19.5. The van der Waals surface area contributed by atoms with E-state index in [2.05, 4.69) is 35.1 Å². The van der Waals surface area contributed by atoms with Crippen molar-refractivity contribution in [1.82, 2.24) is 19.9 Å². The van der Waals surface area contributed by atoms with Crippen LogP contribution in [0.3, 0.4) is 0 Å². The molecule has 0 saturated carbocycles. The summed E-state index contributed by atoms with van der Waals surface area (Å²) in [6, 6.07) is 6.80. The Kier molecular flexibility index (Phi) is 8.01. The monoisotopic (exact) mass is 544 g/mol. The Morgan fingerprint density at radius 3 is 2.65 bits per heavy atom. The molecular formula is C27H28N8O5. The number of nitrogens with zero attached hydrogens (tertiary/aromatic N) is 7. The Morgan fingerprint density at radius 1 is 1.15 bits per heavy atom. The van der Waals surface area contributed by atoms with Gasteiger partial charge in [-0.3, -0.25) is 20.1 Å². The topological polar surface area (TPSA) is 158 Å². The summed E-state index contributed by atoms with van der Waals surface area (Å²) in [4.78, 5) is 47.8. The molecule has 1 atom stereocenters. The van der Waals surface area contributed by atoms with Crippen LogP contribution in [0.15, 0.2) is 60.0 Å². The molecule has 5 rings (SSSR count). The molecule has 0 aromatic carbocycles. The lowest BCUT2D eigenvalue weighted by Gasteiger charge is -2.27. The van der Waals surface area contributed by atoms with Gasteiger partial charge in [0.25, 0.3) is 5.69 Å². The standard InChI is InChI=1S/C27H28N8O5/c1-2-40-25(36)21-18-31-26(33-24(21)19-4-7-23(30-16-19)34-12-14-39-15-13-34)28-11-9-27(8-3-10-32-27)22-6-5-20(17-29-22)35(37)38/h3-8,10,16-18H,2,9,11-15H2,1H3,(H,28,31,33). The summed E-state index contributed by atoms with van der Waals surface area (Å²) in [6.45, 7) is 5.20. The molecule has 1 unspecified atom stereocenters. The van der Waals surface area contributed by atoms with Gasteiger partial charge in [-0.1, -0.05) is 0 Å². The number of ether oxygens (including phenoxy) is 2. The van der Waals surface area contributed by atoms with E-state index in [1.165, 1.54) is 18.5 Å².